The SMILES string of the molecule is CNC(C)c1ccc(N(CCOC)C(C)C2CC2)cc1O. The van der Waals surface area contributed by atoms with Gasteiger partial charge in [0, 0.05) is 43.1 Å². The van der Waals surface area contributed by atoms with Gasteiger partial charge in [-0.3, -0.25) is 0 Å². The lowest BCUT2D eigenvalue weighted by atomic mass is 10.1. The van der Waals surface area contributed by atoms with E-state index < -0.39 is 0 Å². The summed E-state index contributed by atoms with van der Waals surface area (Å²) in [6.07, 6.45) is 2.62. The number of rotatable bonds is 8. The van der Waals surface area contributed by atoms with Crippen LogP contribution in [0.3, 0.4) is 0 Å². The van der Waals surface area contributed by atoms with Crippen molar-refractivity contribution in [1.82, 2.24) is 5.32 Å². The molecule has 0 amide bonds. The number of anilines is 1. The lowest BCUT2D eigenvalue weighted by Crippen LogP contribution is -2.37. The van der Waals surface area contributed by atoms with Crippen LogP contribution in [0.1, 0.15) is 38.3 Å². The van der Waals surface area contributed by atoms with Crippen LogP contribution in [0.5, 0.6) is 5.75 Å². The lowest BCUT2D eigenvalue weighted by Gasteiger charge is -2.32. The summed E-state index contributed by atoms with van der Waals surface area (Å²) in [5.41, 5.74) is 2.02. The molecule has 4 heteroatoms. The average Bonchev–Trinajstić information content (AvgIpc) is 3.31. The number of phenolic OH excluding ortho intramolecular Hbond substituents is 1. The molecule has 2 unspecified atom stereocenters. The van der Waals surface area contributed by atoms with Gasteiger partial charge in [-0.05, 0) is 45.7 Å². The summed E-state index contributed by atoms with van der Waals surface area (Å²) in [7, 11) is 3.63. The minimum absolute atomic E-state index is 0.146. The molecule has 0 aromatic heterocycles. The minimum Gasteiger partial charge on any atom is -0.508 e. The normalized spacial score (nSPS) is 17.5. The molecule has 4 nitrogen and oxygen atoms in total. The van der Waals surface area contributed by atoms with Gasteiger partial charge in [-0.15, -0.1) is 0 Å². The molecule has 1 fully saturated rings. The molecular formula is C17H28N2O2. The average molecular weight is 292 g/mol. The fourth-order valence-electron chi connectivity index (χ4n) is 2.82. The molecular weight excluding hydrogens is 264 g/mol. The number of phenols is 1. The Labute approximate surface area is 128 Å². The number of ether oxygens (including phenoxy) is 1. The first kappa shape index (κ1) is 16.1. The highest BCUT2D eigenvalue weighted by Gasteiger charge is 2.32. The number of hydrogen-bond donors (Lipinski definition) is 2. The van der Waals surface area contributed by atoms with Crippen molar-refractivity contribution < 1.29 is 9.84 Å². The molecule has 2 atom stereocenters. The Morgan fingerprint density at radius 3 is 2.62 bits per heavy atom. The molecule has 1 aliphatic carbocycles. The molecule has 1 aliphatic rings. The predicted molar refractivity (Wildman–Crippen MR) is 87.0 cm³/mol. The zero-order valence-electron chi connectivity index (χ0n) is 13.6. The number of aromatic hydroxyl groups is 1. The van der Waals surface area contributed by atoms with Crippen LogP contribution in [0, 0.1) is 5.92 Å². The van der Waals surface area contributed by atoms with E-state index in [9.17, 15) is 5.11 Å². The maximum absolute atomic E-state index is 10.3. The Hall–Kier alpha value is -1.26. The van der Waals surface area contributed by atoms with Crippen LogP contribution in [0.2, 0.25) is 0 Å². The van der Waals surface area contributed by atoms with E-state index in [1.54, 1.807) is 7.11 Å². The van der Waals surface area contributed by atoms with Gasteiger partial charge < -0.3 is 20.1 Å². The largest absolute Gasteiger partial charge is 0.508 e. The zero-order chi connectivity index (χ0) is 15.4. The van der Waals surface area contributed by atoms with Gasteiger partial charge in [0.15, 0.2) is 0 Å². The van der Waals surface area contributed by atoms with Crippen molar-refractivity contribution in [2.45, 2.75) is 38.8 Å². The number of hydrogen-bond acceptors (Lipinski definition) is 4. The van der Waals surface area contributed by atoms with Crippen LogP contribution in [-0.2, 0) is 4.74 Å². The Kier molecular flexibility index (Phi) is 5.48. The standard InChI is InChI=1S/C17H28N2O2/c1-12(18-3)16-8-7-15(11-17(16)20)19(9-10-21-4)13(2)14-5-6-14/h7-8,11-14,18,20H,5-6,9-10H2,1-4H3. The summed E-state index contributed by atoms with van der Waals surface area (Å²) in [6.45, 7) is 5.87. The molecule has 1 aromatic rings. The smallest absolute Gasteiger partial charge is 0.122 e. The summed E-state index contributed by atoms with van der Waals surface area (Å²) in [5.74, 6) is 1.14. The van der Waals surface area contributed by atoms with Gasteiger partial charge in [0.1, 0.15) is 5.75 Å². The van der Waals surface area contributed by atoms with E-state index in [2.05, 4.69) is 23.2 Å². The fraction of sp³-hybridized carbons (Fsp3) is 0.647. The van der Waals surface area contributed by atoms with Crippen molar-refractivity contribution in [3.05, 3.63) is 23.8 Å². The van der Waals surface area contributed by atoms with E-state index in [4.69, 9.17) is 4.74 Å². The Bertz CT molecular complexity index is 460. The second-order valence-corrected chi connectivity index (χ2v) is 6.02. The third kappa shape index (κ3) is 3.89. The summed E-state index contributed by atoms with van der Waals surface area (Å²) in [6, 6.07) is 6.65. The quantitative estimate of drug-likeness (QED) is 0.773. The van der Waals surface area contributed by atoms with Crippen molar-refractivity contribution in [2.75, 3.05) is 32.2 Å². The molecule has 0 saturated heterocycles. The van der Waals surface area contributed by atoms with Gasteiger partial charge in [0.05, 0.1) is 6.61 Å². The minimum atomic E-state index is 0.146. The van der Waals surface area contributed by atoms with Crippen LogP contribution in [0.4, 0.5) is 5.69 Å². The first-order valence-corrected chi connectivity index (χ1v) is 7.84. The van der Waals surface area contributed by atoms with E-state index in [-0.39, 0.29) is 6.04 Å². The molecule has 21 heavy (non-hydrogen) atoms. The summed E-state index contributed by atoms with van der Waals surface area (Å²) in [4.78, 5) is 2.36. The van der Waals surface area contributed by atoms with Gasteiger partial charge in [-0.1, -0.05) is 6.07 Å². The van der Waals surface area contributed by atoms with Crippen LogP contribution < -0.4 is 10.2 Å². The second-order valence-electron chi connectivity index (χ2n) is 6.02. The van der Waals surface area contributed by atoms with Gasteiger partial charge >= 0.3 is 0 Å². The van der Waals surface area contributed by atoms with E-state index >= 15 is 0 Å². The number of benzene rings is 1. The molecule has 1 aromatic carbocycles. The van der Waals surface area contributed by atoms with Gasteiger partial charge in [0.25, 0.3) is 0 Å². The molecule has 0 spiro atoms. The van der Waals surface area contributed by atoms with Gasteiger partial charge in [0.2, 0.25) is 0 Å². The van der Waals surface area contributed by atoms with Crippen LogP contribution >= 0.6 is 0 Å². The highest BCUT2D eigenvalue weighted by atomic mass is 16.5. The van der Waals surface area contributed by atoms with Crippen LogP contribution in [0.25, 0.3) is 0 Å². The lowest BCUT2D eigenvalue weighted by molar-refractivity contribution is 0.202. The molecule has 118 valence electrons. The summed E-state index contributed by atoms with van der Waals surface area (Å²) >= 11 is 0. The van der Waals surface area contributed by atoms with Crippen molar-refractivity contribution in [1.29, 1.82) is 0 Å². The number of nitrogens with one attached hydrogen (secondary N) is 1. The van der Waals surface area contributed by atoms with Crippen LogP contribution in [-0.4, -0.2) is 38.5 Å². The first-order valence-electron chi connectivity index (χ1n) is 7.84. The first-order chi connectivity index (χ1) is 10.1. The van der Waals surface area contributed by atoms with E-state index in [0.717, 1.165) is 23.7 Å². The second kappa shape index (κ2) is 7.14. The van der Waals surface area contributed by atoms with Crippen molar-refractivity contribution in [3.63, 3.8) is 0 Å². The molecule has 0 bridgehead atoms. The van der Waals surface area contributed by atoms with Gasteiger partial charge in [-0.25, -0.2) is 0 Å². The van der Waals surface area contributed by atoms with Gasteiger partial charge in [-0.2, -0.15) is 0 Å². The Balaban J connectivity index is 2.20. The van der Waals surface area contributed by atoms with E-state index in [1.165, 1.54) is 12.8 Å². The Morgan fingerprint density at radius 2 is 2.10 bits per heavy atom. The van der Waals surface area contributed by atoms with Crippen molar-refractivity contribution >= 4 is 5.69 Å². The molecule has 1 saturated carbocycles. The van der Waals surface area contributed by atoms with Crippen molar-refractivity contribution in [3.8, 4) is 5.75 Å². The maximum Gasteiger partial charge on any atom is 0.122 e. The van der Waals surface area contributed by atoms with Crippen molar-refractivity contribution in [2.24, 2.45) is 5.92 Å². The third-order valence-corrected chi connectivity index (χ3v) is 4.58. The molecule has 0 heterocycles. The zero-order valence-corrected chi connectivity index (χ0v) is 13.6. The monoisotopic (exact) mass is 292 g/mol. The van der Waals surface area contributed by atoms with E-state index in [1.807, 2.05) is 26.1 Å². The summed E-state index contributed by atoms with van der Waals surface area (Å²) in [5, 5.41) is 13.5. The molecule has 2 N–H and O–H groups in total. The Morgan fingerprint density at radius 1 is 1.38 bits per heavy atom. The highest BCUT2D eigenvalue weighted by Crippen LogP contribution is 2.38. The predicted octanol–water partition coefficient (Wildman–Crippen LogP) is 2.92. The van der Waals surface area contributed by atoms with Crippen LogP contribution in [0.15, 0.2) is 18.2 Å². The molecule has 2 rings (SSSR count). The molecule has 0 aliphatic heterocycles. The number of methoxy groups -OCH3 is 1. The topological polar surface area (TPSA) is 44.7 Å². The highest BCUT2D eigenvalue weighted by molar-refractivity contribution is 5.55. The number of nitrogens with zero attached hydrogens (tertiary/aromatic N) is 1. The molecule has 0 radical (unpaired) electrons. The fourth-order valence-corrected chi connectivity index (χ4v) is 2.82. The third-order valence-electron chi connectivity index (χ3n) is 4.58. The summed E-state index contributed by atoms with van der Waals surface area (Å²) < 4.78 is 5.24. The van der Waals surface area contributed by atoms with E-state index in [0.29, 0.717) is 18.4 Å². The maximum atomic E-state index is 10.3.